The maximum Gasteiger partial charge on any atom is 0.304 e. The van der Waals surface area contributed by atoms with Crippen molar-refractivity contribution in [1.29, 1.82) is 0 Å². The largest absolute Gasteiger partial charge is 0.493 e. The number of unbranched alkanes of at least 4 members (excludes halogenated alkanes) is 1. The fourth-order valence-electron chi connectivity index (χ4n) is 2.53. The van der Waals surface area contributed by atoms with Gasteiger partial charge in [-0.25, -0.2) is 0 Å². The maximum absolute atomic E-state index is 11.3. The normalized spacial score (nSPS) is 12.2. The minimum atomic E-state index is -0.904. The van der Waals surface area contributed by atoms with E-state index in [9.17, 15) is 9.90 Å². The lowest BCUT2D eigenvalue weighted by Gasteiger charge is -2.26. The van der Waals surface area contributed by atoms with Crippen LogP contribution in [0.15, 0.2) is 18.2 Å². The summed E-state index contributed by atoms with van der Waals surface area (Å²) in [7, 11) is 1.58. The monoisotopic (exact) mass is 354 g/mol. The van der Waals surface area contributed by atoms with Gasteiger partial charge in [0, 0.05) is 19.1 Å². The molecule has 0 heterocycles. The number of ether oxygens (including phenoxy) is 4. The van der Waals surface area contributed by atoms with Gasteiger partial charge in [0.15, 0.2) is 17.8 Å². The highest BCUT2D eigenvalue weighted by molar-refractivity contribution is 5.68. The number of hydrogen-bond acceptors (Lipinski definition) is 5. The van der Waals surface area contributed by atoms with Crippen molar-refractivity contribution in [1.82, 2.24) is 0 Å². The molecule has 0 aromatic heterocycles. The van der Waals surface area contributed by atoms with E-state index in [4.69, 9.17) is 18.9 Å². The first-order chi connectivity index (χ1) is 12.1. The molecular formula is C19H30O6. The van der Waals surface area contributed by atoms with E-state index in [-0.39, 0.29) is 6.42 Å². The summed E-state index contributed by atoms with van der Waals surface area (Å²) >= 11 is 0. The molecule has 25 heavy (non-hydrogen) atoms. The van der Waals surface area contributed by atoms with Gasteiger partial charge >= 0.3 is 5.97 Å². The summed E-state index contributed by atoms with van der Waals surface area (Å²) in [5, 5.41) is 9.31. The maximum atomic E-state index is 11.3. The first kappa shape index (κ1) is 21.3. The molecule has 0 aliphatic heterocycles. The van der Waals surface area contributed by atoms with Gasteiger partial charge in [0.2, 0.25) is 0 Å². The van der Waals surface area contributed by atoms with Crippen molar-refractivity contribution >= 4 is 5.97 Å². The van der Waals surface area contributed by atoms with E-state index in [0.717, 1.165) is 18.4 Å². The molecule has 0 saturated heterocycles. The molecule has 0 spiro atoms. The lowest BCUT2D eigenvalue weighted by molar-refractivity contribution is -0.160. The number of carboxylic acid groups (broad SMARTS) is 1. The minimum absolute atomic E-state index is 0.0919. The second-order valence-corrected chi connectivity index (χ2v) is 5.60. The summed E-state index contributed by atoms with van der Waals surface area (Å²) in [5.41, 5.74) is 0.793. The van der Waals surface area contributed by atoms with Crippen molar-refractivity contribution in [3.63, 3.8) is 0 Å². The van der Waals surface area contributed by atoms with Crippen LogP contribution in [0.5, 0.6) is 11.5 Å². The van der Waals surface area contributed by atoms with E-state index in [1.165, 1.54) is 0 Å². The minimum Gasteiger partial charge on any atom is -0.493 e. The molecule has 0 saturated carbocycles. The Morgan fingerprint density at radius 3 is 2.32 bits per heavy atom. The molecule has 0 radical (unpaired) electrons. The molecule has 0 bridgehead atoms. The van der Waals surface area contributed by atoms with Gasteiger partial charge in [-0.3, -0.25) is 4.79 Å². The van der Waals surface area contributed by atoms with E-state index in [1.807, 2.05) is 26.0 Å². The summed E-state index contributed by atoms with van der Waals surface area (Å²) in [5.74, 6) is -0.107. The molecule has 6 nitrogen and oxygen atoms in total. The van der Waals surface area contributed by atoms with Crippen molar-refractivity contribution in [2.75, 3.05) is 26.9 Å². The third-order valence-electron chi connectivity index (χ3n) is 3.76. The number of methoxy groups -OCH3 is 1. The molecule has 6 heteroatoms. The van der Waals surface area contributed by atoms with Crippen LogP contribution in [0.25, 0.3) is 0 Å². The van der Waals surface area contributed by atoms with E-state index < -0.39 is 18.2 Å². The third-order valence-corrected chi connectivity index (χ3v) is 3.76. The quantitative estimate of drug-likeness (QED) is 0.429. The fourth-order valence-corrected chi connectivity index (χ4v) is 2.53. The van der Waals surface area contributed by atoms with Crippen LogP contribution in [0.4, 0.5) is 0 Å². The van der Waals surface area contributed by atoms with Crippen molar-refractivity contribution < 1.29 is 28.8 Å². The Morgan fingerprint density at radius 2 is 1.80 bits per heavy atom. The fraction of sp³-hybridized carbons (Fsp3) is 0.632. The number of rotatable bonds is 13. The molecule has 1 N–H and O–H groups in total. The molecule has 1 unspecified atom stereocenters. The van der Waals surface area contributed by atoms with Gasteiger partial charge in [-0.15, -0.1) is 0 Å². The average molecular weight is 354 g/mol. The highest BCUT2D eigenvalue weighted by atomic mass is 16.7. The molecule has 1 rings (SSSR count). The van der Waals surface area contributed by atoms with Crippen LogP contribution in [-0.4, -0.2) is 44.3 Å². The zero-order valence-corrected chi connectivity index (χ0v) is 15.6. The zero-order chi connectivity index (χ0) is 18.7. The van der Waals surface area contributed by atoms with E-state index in [0.29, 0.717) is 31.3 Å². The van der Waals surface area contributed by atoms with Gasteiger partial charge in [0.25, 0.3) is 0 Å². The second-order valence-electron chi connectivity index (χ2n) is 5.60. The molecule has 142 valence electrons. The molecule has 0 fully saturated rings. The Hall–Kier alpha value is -1.79. The summed E-state index contributed by atoms with van der Waals surface area (Å²) < 4.78 is 22.4. The van der Waals surface area contributed by atoms with Crippen LogP contribution in [0.1, 0.15) is 51.5 Å². The zero-order valence-electron chi connectivity index (χ0n) is 15.6. The van der Waals surface area contributed by atoms with Gasteiger partial charge < -0.3 is 24.1 Å². The number of carboxylic acids is 1. The van der Waals surface area contributed by atoms with Crippen LogP contribution in [0, 0.1) is 0 Å². The number of aliphatic carboxylic acids is 1. The predicted molar refractivity (Wildman–Crippen MR) is 95.4 cm³/mol. The Bertz CT molecular complexity index is 511. The van der Waals surface area contributed by atoms with Crippen molar-refractivity contribution in [3.8, 4) is 11.5 Å². The Labute approximate surface area is 150 Å². The molecule has 1 aromatic carbocycles. The van der Waals surface area contributed by atoms with Gasteiger partial charge in [0.1, 0.15) is 0 Å². The van der Waals surface area contributed by atoms with Crippen molar-refractivity contribution in [3.05, 3.63) is 23.8 Å². The van der Waals surface area contributed by atoms with Gasteiger partial charge in [-0.05, 0) is 38.0 Å². The van der Waals surface area contributed by atoms with Gasteiger partial charge in [-0.2, -0.15) is 0 Å². The Morgan fingerprint density at radius 1 is 1.12 bits per heavy atom. The first-order valence-electron chi connectivity index (χ1n) is 8.82. The van der Waals surface area contributed by atoms with E-state index >= 15 is 0 Å². The topological polar surface area (TPSA) is 74.2 Å². The van der Waals surface area contributed by atoms with E-state index in [1.54, 1.807) is 13.2 Å². The molecule has 1 atom stereocenters. The predicted octanol–water partition coefficient (Wildman–Crippen LogP) is 3.83. The third kappa shape index (κ3) is 6.92. The lowest BCUT2D eigenvalue weighted by Crippen LogP contribution is -2.28. The van der Waals surface area contributed by atoms with Crippen molar-refractivity contribution in [2.45, 2.75) is 52.2 Å². The van der Waals surface area contributed by atoms with Crippen LogP contribution < -0.4 is 9.47 Å². The highest BCUT2D eigenvalue weighted by Gasteiger charge is 2.28. The first-order valence-corrected chi connectivity index (χ1v) is 8.82. The van der Waals surface area contributed by atoms with Crippen LogP contribution in [0.2, 0.25) is 0 Å². The molecule has 0 amide bonds. The smallest absolute Gasteiger partial charge is 0.304 e. The second kappa shape index (κ2) is 11.7. The molecule has 0 aliphatic rings. The highest BCUT2D eigenvalue weighted by Crippen LogP contribution is 2.34. The summed E-state index contributed by atoms with van der Waals surface area (Å²) in [6.07, 6.45) is 1.25. The van der Waals surface area contributed by atoms with Gasteiger partial charge in [-0.1, -0.05) is 19.4 Å². The molecule has 0 aliphatic carbocycles. The number of carbonyl (C=O) groups is 1. The lowest BCUT2D eigenvalue weighted by atomic mass is 9.94. The van der Waals surface area contributed by atoms with Crippen molar-refractivity contribution in [2.24, 2.45) is 0 Å². The summed E-state index contributed by atoms with van der Waals surface area (Å²) in [4.78, 5) is 11.3. The number of benzene rings is 1. The van der Waals surface area contributed by atoms with Crippen LogP contribution in [0.3, 0.4) is 0 Å². The standard InChI is InChI=1S/C19H30O6/c1-5-8-11-25-17-12-14(9-10-16(17)22-4)15(13-18(20)21)19(23-6-2)24-7-3/h9-10,12,15,19H,5-8,11,13H2,1-4H3,(H,20,21). The Balaban J connectivity index is 3.14. The molecule has 1 aromatic rings. The van der Waals surface area contributed by atoms with Crippen LogP contribution in [-0.2, 0) is 14.3 Å². The van der Waals surface area contributed by atoms with Gasteiger partial charge in [0.05, 0.1) is 20.1 Å². The number of hydrogen-bond donors (Lipinski definition) is 1. The summed E-state index contributed by atoms with van der Waals surface area (Å²) in [6, 6.07) is 5.46. The molecular weight excluding hydrogens is 324 g/mol. The summed E-state index contributed by atoms with van der Waals surface area (Å²) in [6.45, 7) is 7.27. The van der Waals surface area contributed by atoms with Crippen LogP contribution >= 0.6 is 0 Å². The Kier molecular flexibility index (Phi) is 9.96. The average Bonchev–Trinajstić information content (AvgIpc) is 2.59. The van der Waals surface area contributed by atoms with E-state index in [2.05, 4.69) is 6.92 Å². The SMILES string of the molecule is CCCCOc1cc(C(CC(=O)O)C(OCC)OCC)ccc1OC.